The Kier molecular flexibility index (Phi) is 3.17. The summed E-state index contributed by atoms with van der Waals surface area (Å²) in [5.74, 6) is -1.39. The van der Waals surface area contributed by atoms with E-state index in [9.17, 15) is 13.6 Å². The van der Waals surface area contributed by atoms with Crippen molar-refractivity contribution in [2.75, 3.05) is 0 Å². The summed E-state index contributed by atoms with van der Waals surface area (Å²) in [7, 11) is 0. The summed E-state index contributed by atoms with van der Waals surface area (Å²) in [5, 5.41) is 0. The standard InChI is InChI=1S/C12H12F2O2/c13-11-5-4-10(7-12(11)14)16-9-3-1-2-8(15)6-9/h4-5,7,9H,1-3,6H2. The first kappa shape index (κ1) is 11.0. The van der Waals surface area contributed by atoms with Crippen LogP contribution in [0.15, 0.2) is 18.2 Å². The van der Waals surface area contributed by atoms with Gasteiger partial charge in [0.25, 0.3) is 0 Å². The molecule has 1 atom stereocenters. The van der Waals surface area contributed by atoms with E-state index in [0.717, 1.165) is 25.0 Å². The number of rotatable bonds is 2. The highest BCUT2D eigenvalue weighted by molar-refractivity contribution is 5.79. The van der Waals surface area contributed by atoms with Gasteiger partial charge in [-0.3, -0.25) is 4.79 Å². The molecule has 4 heteroatoms. The molecule has 1 fully saturated rings. The summed E-state index contributed by atoms with van der Waals surface area (Å²) in [5.41, 5.74) is 0. The van der Waals surface area contributed by atoms with E-state index in [1.54, 1.807) is 0 Å². The van der Waals surface area contributed by atoms with Crippen molar-refractivity contribution in [3.63, 3.8) is 0 Å². The minimum absolute atomic E-state index is 0.166. The largest absolute Gasteiger partial charge is 0.490 e. The number of carbonyl (C=O) groups excluding carboxylic acids is 1. The van der Waals surface area contributed by atoms with Gasteiger partial charge in [-0.25, -0.2) is 8.78 Å². The first-order valence-corrected chi connectivity index (χ1v) is 5.28. The fourth-order valence-electron chi connectivity index (χ4n) is 1.83. The van der Waals surface area contributed by atoms with Crippen LogP contribution in [0.1, 0.15) is 25.7 Å². The molecule has 1 saturated carbocycles. The van der Waals surface area contributed by atoms with Crippen LogP contribution in [0.2, 0.25) is 0 Å². The van der Waals surface area contributed by atoms with Crippen molar-refractivity contribution < 1.29 is 18.3 Å². The van der Waals surface area contributed by atoms with Crippen LogP contribution in [0.5, 0.6) is 5.75 Å². The van der Waals surface area contributed by atoms with Gasteiger partial charge in [0.1, 0.15) is 17.6 Å². The molecule has 1 unspecified atom stereocenters. The molecule has 1 aliphatic rings. The van der Waals surface area contributed by atoms with Crippen molar-refractivity contribution in [2.24, 2.45) is 0 Å². The molecule has 0 saturated heterocycles. The van der Waals surface area contributed by atoms with Crippen molar-refractivity contribution in [2.45, 2.75) is 31.8 Å². The molecule has 16 heavy (non-hydrogen) atoms. The Labute approximate surface area is 92.2 Å². The number of benzene rings is 1. The lowest BCUT2D eigenvalue weighted by Gasteiger charge is -2.22. The third-order valence-electron chi connectivity index (χ3n) is 2.63. The molecule has 0 bridgehead atoms. The van der Waals surface area contributed by atoms with Gasteiger partial charge in [-0.15, -0.1) is 0 Å². The van der Waals surface area contributed by atoms with Gasteiger partial charge in [-0.2, -0.15) is 0 Å². The van der Waals surface area contributed by atoms with E-state index in [-0.39, 0.29) is 17.6 Å². The van der Waals surface area contributed by atoms with E-state index in [4.69, 9.17) is 4.74 Å². The van der Waals surface area contributed by atoms with Gasteiger partial charge >= 0.3 is 0 Å². The van der Waals surface area contributed by atoms with E-state index >= 15 is 0 Å². The SMILES string of the molecule is O=C1CCCC(Oc2ccc(F)c(F)c2)C1. The molecule has 2 nitrogen and oxygen atoms in total. The molecule has 1 aromatic rings. The Bertz CT molecular complexity index is 404. The van der Waals surface area contributed by atoms with Crippen molar-refractivity contribution in [3.8, 4) is 5.75 Å². The lowest BCUT2D eigenvalue weighted by atomic mass is 9.96. The highest BCUT2D eigenvalue weighted by Crippen LogP contribution is 2.22. The van der Waals surface area contributed by atoms with Crippen LogP contribution in [0, 0.1) is 11.6 Å². The van der Waals surface area contributed by atoms with Gasteiger partial charge < -0.3 is 4.74 Å². The van der Waals surface area contributed by atoms with Crippen molar-refractivity contribution in [1.29, 1.82) is 0 Å². The minimum atomic E-state index is -0.931. The fraction of sp³-hybridized carbons (Fsp3) is 0.417. The van der Waals surface area contributed by atoms with E-state index in [1.165, 1.54) is 6.07 Å². The third-order valence-corrected chi connectivity index (χ3v) is 2.63. The Morgan fingerprint density at radius 3 is 2.75 bits per heavy atom. The summed E-state index contributed by atoms with van der Waals surface area (Å²) < 4.78 is 31.0. The molecule has 0 aromatic heterocycles. The number of ketones is 1. The normalized spacial score (nSPS) is 20.9. The zero-order chi connectivity index (χ0) is 11.5. The number of hydrogen-bond acceptors (Lipinski definition) is 2. The molecular weight excluding hydrogens is 214 g/mol. The first-order chi connectivity index (χ1) is 7.65. The molecule has 0 N–H and O–H groups in total. The highest BCUT2D eigenvalue weighted by Gasteiger charge is 2.21. The summed E-state index contributed by atoms with van der Waals surface area (Å²) in [4.78, 5) is 11.2. The Hall–Kier alpha value is -1.45. The zero-order valence-corrected chi connectivity index (χ0v) is 8.71. The molecule has 0 spiro atoms. The van der Waals surface area contributed by atoms with E-state index in [1.807, 2.05) is 0 Å². The van der Waals surface area contributed by atoms with Crippen LogP contribution in [-0.4, -0.2) is 11.9 Å². The van der Waals surface area contributed by atoms with Crippen molar-refractivity contribution in [1.82, 2.24) is 0 Å². The highest BCUT2D eigenvalue weighted by atomic mass is 19.2. The minimum Gasteiger partial charge on any atom is -0.490 e. The Morgan fingerprint density at radius 2 is 2.06 bits per heavy atom. The average molecular weight is 226 g/mol. The van der Waals surface area contributed by atoms with Crippen LogP contribution >= 0.6 is 0 Å². The fourth-order valence-corrected chi connectivity index (χ4v) is 1.83. The molecule has 1 aromatic carbocycles. The molecule has 0 aliphatic heterocycles. The summed E-state index contributed by atoms with van der Waals surface area (Å²) >= 11 is 0. The van der Waals surface area contributed by atoms with Crippen molar-refractivity contribution in [3.05, 3.63) is 29.8 Å². The number of hydrogen-bond donors (Lipinski definition) is 0. The van der Waals surface area contributed by atoms with E-state index in [0.29, 0.717) is 12.8 Å². The maximum absolute atomic E-state index is 12.9. The van der Waals surface area contributed by atoms with E-state index < -0.39 is 11.6 Å². The van der Waals surface area contributed by atoms with Gasteiger partial charge in [0.2, 0.25) is 0 Å². The maximum Gasteiger partial charge on any atom is 0.162 e. The number of carbonyl (C=O) groups is 1. The Morgan fingerprint density at radius 1 is 1.25 bits per heavy atom. The predicted molar refractivity (Wildman–Crippen MR) is 54.2 cm³/mol. The zero-order valence-electron chi connectivity index (χ0n) is 8.71. The first-order valence-electron chi connectivity index (χ1n) is 5.28. The van der Waals surface area contributed by atoms with Crippen molar-refractivity contribution >= 4 is 5.78 Å². The number of ether oxygens (including phenoxy) is 1. The quantitative estimate of drug-likeness (QED) is 0.775. The number of halogens is 2. The molecule has 2 rings (SSSR count). The maximum atomic E-state index is 12.9. The summed E-state index contributed by atoms with van der Waals surface area (Å²) in [6.45, 7) is 0. The monoisotopic (exact) mass is 226 g/mol. The number of Topliss-reactive ketones (excluding diaryl/α,β-unsaturated/α-hetero) is 1. The van der Waals surface area contributed by atoms with Crippen LogP contribution in [0.3, 0.4) is 0 Å². The van der Waals surface area contributed by atoms with Gasteiger partial charge in [-0.1, -0.05) is 0 Å². The van der Waals surface area contributed by atoms with Gasteiger partial charge in [0.05, 0.1) is 0 Å². The molecule has 0 heterocycles. The topological polar surface area (TPSA) is 26.3 Å². The predicted octanol–water partition coefficient (Wildman–Crippen LogP) is 2.86. The van der Waals surface area contributed by atoms with Gasteiger partial charge in [-0.05, 0) is 25.0 Å². The molecule has 1 aliphatic carbocycles. The average Bonchev–Trinajstić information content (AvgIpc) is 2.24. The second kappa shape index (κ2) is 4.60. The molecule has 86 valence electrons. The third kappa shape index (κ3) is 2.56. The molecule has 0 amide bonds. The van der Waals surface area contributed by atoms with Gasteiger partial charge in [0.15, 0.2) is 11.6 Å². The Balaban J connectivity index is 2.03. The summed E-state index contributed by atoms with van der Waals surface area (Å²) in [6, 6.07) is 3.40. The van der Waals surface area contributed by atoms with Crippen LogP contribution < -0.4 is 4.74 Å². The molecule has 0 radical (unpaired) electrons. The molecular formula is C12H12F2O2. The van der Waals surface area contributed by atoms with Crippen LogP contribution in [0.25, 0.3) is 0 Å². The second-order valence-corrected chi connectivity index (χ2v) is 3.95. The lowest BCUT2D eigenvalue weighted by molar-refractivity contribution is -0.122. The van der Waals surface area contributed by atoms with Crippen LogP contribution in [0.4, 0.5) is 8.78 Å². The van der Waals surface area contributed by atoms with Gasteiger partial charge in [0, 0.05) is 18.9 Å². The lowest BCUT2D eigenvalue weighted by Crippen LogP contribution is -2.25. The smallest absolute Gasteiger partial charge is 0.162 e. The van der Waals surface area contributed by atoms with Crippen LogP contribution in [-0.2, 0) is 4.79 Å². The second-order valence-electron chi connectivity index (χ2n) is 3.95. The summed E-state index contributed by atoms with van der Waals surface area (Å²) in [6.07, 6.45) is 2.33. The van der Waals surface area contributed by atoms with E-state index in [2.05, 4.69) is 0 Å².